The lowest BCUT2D eigenvalue weighted by molar-refractivity contribution is -0.147. The smallest absolute Gasteiger partial charge is 0.332 e. The van der Waals surface area contributed by atoms with Crippen molar-refractivity contribution in [1.29, 1.82) is 0 Å². The fourth-order valence-electron chi connectivity index (χ4n) is 3.34. The van der Waals surface area contributed by atoms with Gasteiger partial charge >= 0.3 is 5.97 Å². The maximum Gasteiger partial charge on any atom is 0.332 e. The number of hydrogen-bond donors (Lipinski definition) is 3. The molecule has 2 aromatic carbocycles. The second-order valence-corrected chi connectivity index (χ2v) is 9.37. The maximum absolute atomic E-state index is 12.8. The predicted octanol–water partition coefficient (Wildman–Crippen LogP) is 4.47. The molecule has 174 valence electrons. The molecule has 33 heavy (non-hydrogen) atoms. The van der Waals surface area contributed by atoms with Crippen LogP contribution in [0.3, 0.4) is 0 Å². The van der Waals surface area contributed by atoms with Crippen LogP contribution in [0, 0.1) is 0 Å². The number of amides is 1. The number of aromatic nitrogens is 1. The monoisotopic (exact) mass is 470 g/mol. The third kappa shape index (κ3) is 6.43. The Labute approximate surface area is 197 Å². The van der Waals surface area contributed by atoms with Crippen molar-refractivity contribution < 1.29 is 24.3 Å². The molecule has 0 saturated carbocycles. The van der Waals surface area contributed by atoms with Crippen LogP contribution in [0.5, 0.6) is 0 Å². The lowest BCUT2D eigenvalue weighted by Crippen LogP contribution is -2.40. The number of hydrogen-bond acceptors (Lipinski definition) is 5. The van der Waals surface area contributed by atoms with Crippen LogP contribution in [0.2, 0.25) is 5.02 Å². The number of nitrogens with zero attached hydrogens (tertiary/aromatic N) is 1. The first kappa shape index (κ1) is 24.5. The number of carboxylic acids is 1. The second-order valence-electron chi connectivity index (χ2n) is 8.96. The summed E-state index contributed by atoms with van der Waals surface area (Å²) in [5.74, 6) is -1.90. The molecule has 0 aliphatic heterocycles. The van der Waals surface area contributed by atoms with E-state index in [-0.39, 0.29) is 24.0 Å². The molecule has 8 heteroatoms. The van der Waals surface area contributed by atoms with Gasteiger partial charge in [-0.05, 0) is 29.2 Å². The number of carbonyl (C=O) groups excluding carboxylic acids is 1. The van der Waals surface area contributed by atoms with Crippen LogP contribution in [-0.4, -0.2) is 39.4 Å². The Balaban J connectivity index is 1.80. The highest BCUT2D eigenvalue weighted by atomic mass is 35.5. The molecule has 0 aliphatic carbocycles. The molecule has 0 radical (unpaired) electrons. The summed E-state index contributed by atoms with van der Waals surface area (Å²) in [5.41, 5.74) is 2.99. The summed E-state index contributed by atoms with van der Waals surface area (Å²) in [4.78, 5) is 24.0. The minimum atomic E-state index is -1.64. The van der Waals surface area contributed by atoms with Crippen LogP contribution in [0.4, 0.5) is 0 Å². The third-order valence-corrected chi connectivity index (χ3v) is 5.61. The van der Waals surface area contributed by atoms with E-state index in [4.69, 9.17) is 21.2 Å². The Morgan fingerprint density at radius 3 is 2.36 bits per heavy atom. The van der Waals surface area contributed by atoms with Gasteiger partial charge in [0.15, 0.2) is 6.10 Å². The Kier molecular flexibility index (Phi) is 7.56. The molecule has 7 nitrogen and oxygen atoms in total. The van der Waals surface area contributed by atoms with Gasteiger partial charge in [-0.15, -0.1) is 0 Å². The zero-order valence-corrected chi connectivity index (χ0v) is 19.5. The van der Waals surface area contributed by atoms with E-state index < -0.39 is 24.0 Å². The summed E-state index contributed by atoms with van der Waals surface area (Å²) in [6, 6.07) is 16.2. The van der Waals surface area contributed by atoms with E-state index in [1.54, 1.807) is 6.07 Å². The molecule has 1 heterocycles. The maximum atomic E-state index is 12.8. The van der Waals surface area contributed by atoms with Gasteiger partial charge in [0.25, 0.3) is 5.91 Å². The SMILES string of the molecule is CC(C)(C)c1cc(C(=O)NC(Cc2ccc(-c3ccccc3)cc2Cl)CC(O)C(=O)O)on1. The number of halogens is 1. The minimum absolute atomic E-state index is 0.0141. The highest BCUT2D eigenvalue weighted by Gasteiger charge is 2.26. The summed E-state index contributed by atoms with van der Waals surface area (Å²) < 4.78 is 5.18. The number of carbonyl (C=O) groups is 2. The van der Waals surface area contributed by atoms with E-state index in [2.05, 4.69) is 10.5 Å². The van der Waals surface area contributed by atoms with E-state index in [0.29, 0.717) is 16.3 Å². The lowest BCUT2D eigenvalue weighted by Gasteiger charge is -2.20. The number of aliphatic hydroxyl groups is 1. The molecule has 2 atom stereocenters. The van der Waals surface area contributed by atoms with Gasteiger partial charge in [-0.3, -0.25) is 4.79 Å². The van der Waals surface area contributed by atoms with E-state index >= 15 is 0 Å². The van der Waals surface area contributed by atoms with Gasteiger partial charge in [0.1, 0.15) is 0 Å². The Morgan fingerprint density at radius 2 is 1.79 bits per heavy atom. The van der Waals surface area contributed by atoms with Crippen molar-refractivity contribution in [2.24, 2.45) is 0 Å². The molecule has 2 unspecified atom stereocenters. The van der Waals surface area contributed by atoms with E-state index in [1.165, 1.54) is 0 Å². The van der Waals surface area contributed by atoms with Gasteiger partial charge < -0.3 is 20.1 Å². The topological polar surface area (TPSA) is 113 Å². The Morgan fingerprint density at radius 1 is 1.09 bits per heavy atom. The first-order valence-corrected chi connectivity index (χ1v) is 10.9. The van der Waals surface area contributed by atoms with E-state index in [9.17, 15) is 14.7 Å². The van der Waals surface area contributed by atoms with Crippen LogP contribution in [0.25, 0.3) is 11.1 Å². The fourth-order valence-corrected chi connectivity index (χ4v) is 3.60. The minimum Gasteiger partial charge on any atom is -0.479 e. The van der Waals surface area contributed by atoms with Gasteiger partial charge in [0.2, 0.25) is 5.76 Å². The molecule has 0 spiro atoms. The first-order chi connectivity index (χ1) is 15.5. The third-order valence-electron chi connectivity index (χ3n) is 5.26. The zero-order valence-electron chi connectivity index (χ0n) is 18.7. The average Bonchev–Trinajstić information content (AvgIpc) is 3.27. The number of benzene rings is 2. The van der Waals surface area contributed by atoms with Crippen LogP contribution >= 0.6 is 11.6 Å². The highest BCUT2D eigenvalue weighted by molar-refractivity contribution is 6.31. The number of nitrogens with one attached hydrogen (secondary N) is 1. The van der Waals surface area contributed by atoms with Crippen molar-refractivity contribution >= 4 is 23.5 Å². The quantitative estimate of drug-likeness (QED) is 0.447. The van der Waals surface area contributed by atoms with Gasteiger partial charge in [0, 0.05) is 29.0 Å². The zero-order chi connectivity index (χ0) is 24.2. The van der Waals surface area contributed by atoms with Crippen molar-refractivity contribution in [2.75, 3.05) is 0 Å². The highest BCUT2D eigenvalue weighted by Crippen LogP contribution is 2.27. The standard InChI is InChI=1S/C25H27ClN2O5/c1-25(2,3)22-14-21(33-28-22)23(30)27-18(13-20(29)24(31)32)11-17-10-9-16(12-19(17)26)15-7-5-4-6-8-15/h4-10,12,14,18,20,29H,11,13H2,1-3H3,(H,27,30)(H,31,32). The van der Waals surface area contributed by atoms with Crippen molar-refractivity contribution in [1.82, 2.24) is 10.5 Å². The molecule has 0 fully saturated rings. The molecule has 1 aromatic heterocycles. The number of carboxylic acid groups (broad SMARTS) is 1. The molecule has 0 aliphatic rings. The van der Waals surface area contributed by atoms with Crippen LogP contribution < -0.4 is 5.32 Å². The second kappa shape index (κ2) is 10.2. The summed E-state index contributed by atoms with van der Waals surface area (Å²) in [7, 11) is 0. The molecular formula is C25H27ClN2O5. The molecule has 3 rings (SSSR count). The summed E-state index contributed by atoms with van der Waals surface area (Å²) >= 11 is 6.51. The van der Waals surface area contributed by atoms with Gasteiger partial charge in [0.05, 0.1) is 5.69 Å². The molecule has 1 amide bonds. The summed E-state index contributed by atoms with van der Waals surface area (Å²) in [6.45, 7) is 5.83. The lowest BCUT2D eigenvalue weighted by atomic mass is 9.92. The molecular weight excluding hydrogens is 444 g/mol. The van der Waals surface area contributed by atoms with Crippen LogP contribution in [0.1, 0.15) is 49.0 Å². The molecule has 0 bridgehead atoms. The number of rotatable bonds is 8. The van der Waals surface area contributed by atoms with E-state index in [0.717, 1.165) is 11.1 Å². The number of aliphatic hydroxyl groups excluding tert-OH is 1. The van der Waals surface area contributed by atoms with Gasteiger partial charge in [-0.25, -0.2) is 4.79 Å². The normalized spacial score (nSPS) is 13.4. The van der Waals surface area contributed by atoms with Crippen molar-refractivity contribution in [2.45, 2.75) is 51.2 Å². The fraction of sp³-hybridized carbons (Fsp3) is 0.320. The molecule has 3 N–H and O–H groups in total. The van der Waals surface area contributed by atoms with Crippen LogP contribution in [-0.2, 0) is 16.6 Å². The largest absolute Gasteiger partial charge is 0.479 e. The Bertz CT molecular complexity index is 1120. The van der Waals surface area contributed by atoms with Crippen LogP contribution in [0.15, 0.2) is 59.1 Å². The molecule has 0 saturated heterocycles. The van der Waals surface area contributed by atoms with E-state index in [1.807, 2.05) is 69.3 Å². The van der Waals surface area contributed by atoms with Crippen molar-refractivity contribution in [3.63, 3.8) is 0 Å². The van der Waals surface area contributed by atoms with Gasteiger partial charge in [-0.2, -0.15) is 0 Å². The predicted molar refractivity (Wildman–Crippen MR) is 125 cm³/mol. The Hall–Kier alpha value is -3.16. The van der Waals surface area contributed by atoms with Crippen molar-refractivity contribution in [3.05, 3.63) is 76.6 Å². The first-order valence-electron chi connectivity index (χ1n) is 10.6. The number of aliphatic carboxylic acids is 1. The van der Waals surface area contributed by atoms with Crippen molar-refractivity contribution in [3.8, 4) is 11.1 Å². The van der Waals surface area contributed by atoms with Gasteiger partial charge in [-0.1, -0.05) is 80.0 Å². The summed E-state index contributed by atoms with van der Waals surface area (Å²) in [6.07, 6.45) is -1.61. The average molecular weight is 471 g/mol. The summed E-state index contributed by atoms with van der Waals surface area (Å²) in [5, 5.41) is 26.2. The molecule has 3 aromatic rings.